The Morgan fingerprint density at radius 2 is 1.89 bits per heavy atom. The zero-order valence-corrected chi connectivity index (χ0v) is 17.0. The number of esters is 2. The molecule has 2 saturated carbocycles. The molecule has 0 N–H and O–H groups in total. The molecule has 2 aliphatic carbocycles. The molecule has 3 fully saturated rings. The molecule has 3 rings (SSSR count). The molecular weight excluding hydrogens is 376 g/mol. The van der Waals surface area contributed by atoms with Gasteiger partial charge >= 0.3 is 11.9 Å². The summed E-state index contributed by atoms with van der Waals surface area (Å²) in [6.07, 6.45) is 0.944. The molecule has 2 bridgehead atoms. The molecule has 1 saturated heterocycles. The molecule has 0 spiro atoms. The van der Waals surface area contributed by atoms with Crippen LogP contribution in [-0.4, -0.2) is 57.6 Å². The summed E-state index contributed by atoms with van der Waals surface area (Å²) in [5.41, 5.74) is -0.997. The van der Waals surface area contributed by atoms with Gasteiger partial charge in [0.15, 0.2) is 0 Å². The first-order chi connectivity index (χ1) is 12.5. The van der Waals surface area contributed by atoms with Crippen molar-refractivity contribution in [1.82, 2.24) is 0 Å². The summed E-state index contributed by atoms with van der Waals surface area (Å²) >= 11 is 0. The van der Waals surface area contributed by atoms with Crippen LogP contribution < -0.4 is 0 Å². The number of carbonyl (C=O) groups is 2. The van der Waals surface area contributed by atoms with Gasteiger partial charge in [-0.1, -0.05) is 13.8 Å². The quantitative estimate of drug-likeness (QED) is 0.340. The second kappa shape index (κ2) is 7.00. The third-order valence-corrected chi connectivity index (χ3v) is 8.27. The summed E-state index contributed by atoms with van der Waals surface area (Å²) in [5, 5.41) is -0.464. The fourth-order valence-electron chi connectivity index (χ4n) is 4.38. The lowest BCUT2D eigenvalue weighted by molar-refractivity contribution is -0.163. The van der Waals surface area contributed by atoms with Gasteiger partial charge in [0.25, 0.3) is 10.1 Å². The molecule has 5 atom stereocenters. The van der Waals surface area contributed by atoms with Gasteiger partial charge in [-0.05, 0) is 39.0 Å². The fourth-order valence-corrected chi connectivity index (χ4v) is 6.50. The van der Waals surface area contributed by atoms with Crippen LogP contribution in [0, 0.1) is 16.7 Å². The van der Waals surface area contributed by atoms with Crippen LogP contribution in [0.25, 0.3) is 0 Å². The average molecular weight is 404 g/mol. The van der Waals surface area contributed by atoms with E-state index < -0.39 is 44.4 Å². The minimum Gasteiger partial charge on any atom is -0.462 e. The van der Waals surface area contributed by atoms with Crippen LogP contribution in [0.15, 0.2) is 0 Å². The first kappa shape index (κ1) is 20.5. The second-order valence-corrected chi connectivity index (χ2v) is 10.3. The smallest absolute Gasteiger partial charge is 0.332 e. The minimum atomic E-state index is -3.55. The molecule has 8 nitrogen and oxygen atoms in total. The summed E-state index contributed by atoms with van der Waals surface area (Å²) in [6.45, 7) is 7.06. The number of ether oxygens (including phenoxy) is 3. The lowest BCUT2D eigenvalue weighted by Gasteiger charge is -2.30. The van der Waals surface area contributed by atoms with Gasteiger partial charge in [-0.25, -0.2) is 4.79 Å². The van der Waals surface area contributed by atoms with Crippen LogP contribution in [-0.2, 0) is 38.1 Å². The molecule has 0 aromatic carbocycles. The Morgan fingerprint density at radius 3 is 2.56 bits per heavy atom. The van der Waals surface area contributed by atoms with E-state index in [1.54, 1.807) is 13.8 Å². The van der Waals surface area contributed by atoms with Crippen molar-refractivity contribution < 1.29 is 36.4 Å². The Morgan fingerprint density at radius 1 is 1.22 bits per heavy atom. The van der Waals surface area contributed by atoms with Gasteiger partial charge in [-0.15, -0.1) is 0 Å². The van der Waals surface area contributed by atoms with Crippen molar-refractivity contribution in [3.05, 3.63) is 0 Å². The zero-order chi connectivity index (χ0) is 20.0. The van der Waals surface area contributed by atoms with E-state index in [0.29, 0.717) is 12.8 Å². The predicted molar refractivity (Wildman–Crippen MR) is 94.1 cm³/mol. The number of rotatable bonds is 8. The highest BCUT2D eigenvalue weighted by Crippen LogP contribution is 2.62. The van der Waals surface area contributed by atoms with Crippen LogP contribution in [0.1, 0.15) is 47.0 Å². The molecule has 1 aliphatic heterocycles. The topological polar surface area (TPSA) is 105 Å². The van der Waals surface area contributed by atoms with Gasteiger partial charge in [0.2, 0.25) is 0 Å². The van der Waals surface area contributed by atoms with Crippen molar-refractivity contribution in [3.63, 3.8) is 0 Å². The Balaban J connectivity index is 1.40. The lowest BCUT2D eigenvalue weighted by atomic mass is 9.82. The van der Waals surface area contributed by atoms with E-state index in [0.717, 1.165) is 6.42 Å². The average Bonchev–Trinajstić information content (AvgIpc) is 3.10. The molecule has 27 heavy (non-hydrogen) atoms. The molecule has 154 valence electrons. The summed E-state index contributed by atoms with van der Waals surface area (Å²) < 4.78 is 45.2. The van der Waals surface area contributed by atoms with Crippen LogP contribution in [0.2, 0.25) is 0 Å². The second-order valence-electron chi connectivity index (χ2n) is 8.57. The van der Waals surface area contributed by atoms with E-state index in [1.165, 1.54) is 0 Å². The van der Waals surface area contributed by atoms with Gasteiger partial charge in [0.1, 0.15) is 25.9 Å². The first-order valence-electron chi connectivity index (χ1n) is 9.38. The Labute approximate surface area is 160 Å². The summed E-state index contributed by atoms with van der Waals surface area (Å²) in [4.78, 5) is 23.7. The van der Waals surface area contributed by atoms with Crippen molar-refractivity contribution >= 4 is 22.1 Å². The van der Waals surface area contributed by atoms with Crippen molar-refractivity contribution in [1.29, 1.82) is 0 Å². The third kappa shape index (κ3) is 3.61. The molecule has 1 heterocycles. The van der Waals surface area contributed by atoms with Crippen molar-refractivity contribution in [3.8, 4) is 0 Å². The number of carbonyl (C=O) groups excluding carboxylic acids is 2. The fraction of sp³-hybridized carbons (Fsp3) is 0.889. The Hall–Kier alpha value is -1.19. The highest BCUT2D eigenvalue weighted by molar-refractivity contribution is 7.87. The first-order valence-corrected chi connectivity index (χ1v) is 10.8. The highest BCUT2D eigenvalue weighted by Gasteiger charge is 2.71. The normalized spacial score (nSPS) is 36.0. The van der Waals surface area contributed by atoms with Gasteiger partial charge in [-0.2, -0.15) is 8.42 Å². The van der Waals surface area contributed by atoms with Gasteiger partial charge in [-0.3, -0.25) is 8.98 Å². The van der Waals surface area contributed by atoms with E-state index in [-0.39, 0.29) is 31.7 Å². The van der Waals surface area contributed by atoms with E-state index in [2.05, 4.69) is 0 Å². The van der Waals surface area contributed by atoms with Crippen LogP contribution in [0.3, 0.4) is 0 Å². The van der Waals surface area contributed by atoms with Crippen LogP contribution in [0.4, 0.5) is 0 Å². The van der Waals surface area contributed by atoms with Gasteiger partial charge in [0, 0.05) is 5.41 Å². The maximum Gasteiger partial charge on any atom is 0.332 e. The number of hydrogen-bond acceptors (Lipinski definition) is 8. The summed E-state index contributed by atoms with van der Waals surface area (Å²) in [6, 6.07) is 0. The summed E-state index contributed by atoms with van der Waals surface area (Å²) in [5.74, 6) is -0.833. The van der Waals surface area contributed by atoms with Crippen molar-refractivity contribution in [2.45, 2.75) is 64.4 Å². The minimum absolute atomic E-state index is 0.0101. The maximum absolute atomic E-state index is 12.1. The molecule has 0 amide bonds. The lowest BCUT2D eigenvalue weighted by Crippen LogP contribution is -2.42. The zero-order valence-electron chi connectivity index (χ0n) is 16.2. The highest BCUT2D eigenvalue weighted by atomic mass is 32.2. The molecular formula is C18H28O8S. The van der Waals surface area contributed by atoms with Gasteiger partial charge < -0.3 is 14.2 Å². The maximum atomic E-state index is 12.1. The summed E-state index contributed by atoms with van der Waals surface area (Å²) in [7, 11) is -3.55. The molecule has 0 radical (unpaired) electrons. The SMILES string of the molecule is CCC(C)(C)C(=O)OCCOC(=O)COC1C2CC3C(C)(C2)C1OS3(=O)=O. The van der Waals surface area contributed by atoms with Crippen molar-refractivity contribution in [2.75, 3.05) is 19.8 Å². The molecule has 3 aliphatic rings. The largest absolute Gasteiger partial charge is 0.462 e. The van der Waals surface area contributed by atoms with Gasteiger partial charge in [0.05, 0.1) is 16.8 Å². The molecule has 0 aromatic rings. The number of hydrogen-bond donors (Lipinski definition) is 0. The molecule has 0 aromatic heterocycles. The standard InChI is InChI=1S/C18H28O8S/c1-5-17(2,3)16(20)24-7-6-23-13(19)10-25-14-11-8-12-18(4,9-11)15(14)26-27(12,21)22/h11-12,14-15H,5-10H2,1-4H3. The Kier molecular flexibility index (Phi) is 5.33. The van der Waals surface area contributed by atoms with Crippen LogP contribution >= 0.6 is 0 Å². The number of fused-ring (bicyclic) bond motifs is 1. The monoisotopic (exact) mass is 404 g/mol. The van der Waals surface area contributed by atoms with Crippen LogP contribution in [0.5, 0.6) is 0 Å². The van der Waals surface area contributed by atoms with E-state index in [1.807, 2.05) is 13.8 Å². The Bertz CT molecular complexity index is 715. The van der Waals surface area contributed by atoms with E-state index >= 15 is 0 Å². The van der Waals surface area contributed by atoms with E-state index in [4.69, 9.17) is 18.4 Å². The molecule has 5 unspecified atom stereocenters. The third-order valence-electron chi connectivity index (χ3n) is 6.36. The predicted octanol–water partition coefficient (Wildman–Crippen LogP) is 1.42. The van der Waals surface area contributed by atoms with E-state index in [9.17, 15) is 18.0 Å². The molecule has 9 heteroatoms. The van der Waals surface area contributed by atoms with Crippen molar-refractivity contribution in [2.24, 2.45) is 16.7 Å².